The summed E-state index contributed by atoms with van der Waals surface area (Å²) in [4.78, 5) is 58.8. The van der Waals surface area contributed by atoms with Gasteiger partial charge in [0, 0.05) is 24.7 Å². The van der Waals surface area contributed by atoms with Crippen molar-refractivity contribution in [3.63, 3.8) is 0 Å². The van der Waals surface area contributed by atoms with Gasteiger partial charge in [0.15, 0.2) is 0 Å². The molecule has 0 saturated heterocycles. The molecule has 1 aliphatic heterocycles. The van der Waals surface area contributed by atoms with Gasteiger partial charge in [-0.2, -0.15) is 0 Å². The van der Waals surface area contributed by atoms with Crippen LogP contribution in [0.2, 0.25) is 0 Å². The van der Waals surface area contributed by atoms with Crippen LogP contribution in [-0.2, 0) is 4.79 Å². The van der Waals surface area contributed by atoms with E-state index < -0.39 is 34.3 Å². The number of benzene rings is 2. The lowest BCUT2D eigenvalue weighted by Gasteiger charge is -2.13. The molecule has 0 saturated carbocycles. The Balaban J connectivity index is 1.66. The number of aromatic carboxylic acids is 1. The Morgan fingerprint density at radius 1 is 1.07 bits per heavy atom. The number of carbonyl (C=O) groups excluding carboxylic acids is 3. The molecule has 3 amide bonds. The maximum Gasteiger partial charge on any atom is 0.335 e. The van der Waals surface area contributed by atoms with Gasteiger partial charge in [0.1, 0.15) is 5.56 Å². The van der Waals surface area contributed by atoms with Crippen LogP contribution in [-0.4, -0.2) is 45.2 Å². The van der Waals surface area contributed by atoms with Gasteiger partial charge in [-0.1, -0.05) is 6.07 Å². The highest BCUT2D eigenvalue weighted by Gasteiger charge is 2.40. The number of nitrogens with one attached hydrogen (secondary N) is 1. The van der Waals surface area contributed by atoms with E-state index in [0.717, 1.165) is 11.0 Å². The Morgan fingerprint density at radius 3 is 2.36 bits per heavy atom. The maximum absolute atomic E-state index is 12.4. The number of fused-ring (bicyclic) bond motifs is 1. The van der Waals surface area contributed by atoms with E-state index in [9.17, 15) is 29.3 Å². The Hall–Kier alpha value is -4.08. The van der Waals surface area contributed by atoms with E-state index in [0.29, 0.717) is 5.69 Å². The van der Waals surface area contributed by atoms with E-state index >= 15 is 0 Å². The summed E-state index contributed by atoms with van der Waals surface area (Å²) in [7, 11) is 0. The maximum atomic E-state index is 12.4. The van der Waals surface area contributed by atoms with Crippen molar-refractivity contribution in [1.82, 2.24) is 4.90 Å². The molecule has 0 aliphatic carbocycles. The lowest BCUT2D eigenvalue weighted by atomic mass is 10.1. The molecule has 2 aromatic rings. The fourth-order valence-electron chi connectivity index (χ4n) is 2.80. The van der Waals surface area contributed by atoms with E-state index in [1.54, 1.807) is 0 Å². The van der Waals surface area contributed by atoms with Gasteiger partial charge in [0.2, 0.25) is 5.91 Å². The standard InChI is InChI=1S/C18H13N3O7/c22-14(19-11-6-4-10(5-7-11)18(25)26)8-9-20-16(23)12-2-1-3-13(21(27)28)15(12)17(20)24/h1-7H,8-9H2,(H,19,22)(H,25,26). The third-order valence-electron chi connectivity index (χ3n) is 4.15. The summed E-state index contributed by atoms with van der Waals surface area (Å²) in [5.74, 6) is -3.11. The second-order valence-corrected chi connectivity index (χ2v) is 5.90. The molecule has 0 unspecified atom stereocenters. The first kappa shape index (κ1) is 18.7. The van der Waals surface area contributed by atoms with E-state index in [1.165, 1.54) is 36.4 Å². The number of hydrogen-bond donors (Lipinski definition) is 2. The number of nitro benzene ring substituents is 1. The molecule has 1 aliphatic rings. The average molecular weight is 383 g/mol. The monoisotopic (exact) mass is 383 g/mol. The highest BCUT2D eigenvalue weighted by atomic mass is 16.6. The first-order valence-corrected chi connectivity index (χ1v) is 8.06. The third kappa shape index (κ3) is 3.43. The number of amides is 3. The number of nitro groups is 1. The van der Waals surface area contributed by atoms with Crippen LogP contribution >= 0.6 is 0 Å². The van der Waals surface area contributed by atoms with E-state index in [1.807, 2.05) is 0 Å². The Labute approximate surface area is 157 Å². The summed E-state index contributed by atoms with van der Waals surface area (Å²) in [6, 6.07) is 9.24. The molecule has 10 heteroatoms. The highest BCUT2D eigenvalue weighted by molar-refractivity contribution is 6.23. The molecule has 1 heterocycles. The van der Waals surface area contributed by atoms with E-state index in [-0.39, 0.29) is 29.7 Å². The Bertz CT molecular complexity index is 1010. The fraction of sp³-hybridized carbons (Fsp3) is 0.111. The zero-order valence-electron chi connectivity index (χ0n) is 14.2. The van der Waals surface area contributed by atoms with Gasteiger partial charge in [-0.3, -0.25) is 29.4 Å². The lowest BCUT2D eigenvalue weighted by molar-refractivity contribution is -0.385. The molecular weight excluding hydrogens is 370 g/mol. The van der Waals surface area contributed by atoms with Gasteiger partial charge in [0.25, 0.3) is 17.5 Å². The summed E-state index contributed by atoms with van der Waals surface area (Å²) in [6.45, 7) is -0.247. The summed E-state index contributed by atoms with van der Waals surface area (Å²) < 4.78 is 0. The average Bonchev–Trinajstić information content (AvgIpc) is 2.91. The van der Waals surface area contributed by atoms with Crippen LogP contribution in [0.1, 0.15) is 37.5 Å². The van der Waals surface area contributed by atoms with Crippen LogP contribution in [0.5, 0.6) is 0 Å². The molecule has 0 aromatic heterocycles. The molecule has 10 nitrogen and oxygen atoms in total. The first-order valence-electron chi connectivity index (χ1n) is 8.06. The molecule has 142 valence electrons. The number of imide groups is 1. The second kappa shape index (κ2) is 7.27. The Morgan fingerprint density at radius 2 is 1.75 bits per heavy atom. The van der Waals surface area contributed by atoms with Gasteiger partial charge in [-0.15, -0.1) is 0 Å². The minimum atomic E-state index is -1.10. The number of carboxylic acids is 1. The normalized spacial score (nSPS) is 12.6. The van der Waals surface area contributed by atoms with Crippen molar-refractivity contribution in [2.75, 3.05) is 11.9 Å². The quantitative estimate of drug-likeness (QED) is 0.440. The first-order chi connectivity index (χ1) is 13.3. The number of hydrogen-bond acceptors (Lipinski definition) is 6. The Kier molecular flexibility index (Phi) is 4.86. The van der Waals surface area contributed by atoms with E-state index in [2.05, 4.69) is 5.32 Å². The molecule has 0 spiro atoms. The minimum Gasteiger partial charge on any atom is -0.478 e. The third-order valence-corrected chi connectivity index (χ3v) is 4.15. The topological polar surface area (TPSA) is 147 Å². The number of carboxylic acid groups (broad SMARTS) is 1. The molecule has 3 rings (SSSR count). The smallest absolute Gasteiger partial charge is 0.335 e. The predicted molar refractivity (Wildman–Crippen MR) is 95.1 cm³/mol. The molecule has 0 fully saturated rings. The summed E-state index contributed by atoms with van der Waals surface area (Å²) >= 11 is 0. The summed E-state index contributed by atoms with van der Waals surface area (Å²) in [5.41, 5.74) is -0.383. The lowest BCUT2D eigenvalue weighted by Crippen LogP contribution is -2.33. The van der Waals surface area contributed by atoms with Crippen LogP contribution in [0.25, 0.3) is 0 Å². The summed E-state index contributed by atoms with van der Waals surface area (Å²) in [5, 5.41) is 22.4. The van der Waals surface area contributed by atoms with Crippen LogP contribution in [0.3, 0.4) is 0 Å². The molecule has 0 radical (unpaired) electrons. The van der Waals surface area contributed by atoms with Crippen molar-refractivity contribution in [2.45, 2.75) is 6.42 Å². The van der Waals surface area contributed by atoms with Gasteiger partial charge in [0.05, 0.1) is 16.1 Å². The number of nitrogens with zero attached hydrogens (tertiary/aromatic N) is 2. The fourth-order valence-corrected chi connectivity index (χ4v) is 2.80. The van der Waals surface area contributed by atoms with Gasteiger partial charge >= 0.3 is 5.97 Å². The number of carbonyl (C=O) groups is 4. The van der Waals surface area contributed by atoms with Crippen molar-refractivity contribution in [3.05, 3.63) is 69.3 Å². The van der Waals surface area contributed by atoms with Crippen molar-refractivity contribution in [2.24, 2.45) is 0 Å². The van der Waals surface area contributed by atoms with Crippen molar-refractivity contribution in [3.8, 4) is 0 Å². The van der Waals surface area contributed by atoms with Crippen LogP contribution in [0, 0.1) is 10.1 Å². The highest BCUT2D eigenvalue weighted by Crippen LogP contribution is 2.30. The molecule has 2 N–H and O–H groups in total. The SMILES string of the molecule is O=C(CCN1C(=O)c2cccc([N+](=O)[O-])c2C1=O)Nc1ccc(C(=O)O)cc1. The van der Waals surface area contributed by atoms with Crippen molar-refractivity contribution >= 4 is 35.1 Å². The molecule has 28 heavy (non-hydrogen) atoms. The van der Waals surface area contributed by atoms with Crippen LogP contribution < -0.4 is 5.32 Å². The zero-order chi connectivity index (χ0) is 20.4. The second-order valence-electron chi connectivity index (χ2n) is 5.90. The molecular formula is C18H13N3O7. The molecule has 0 bridgehead atoms. The van der Waals surface area contributed by atoms with Gasteiger partial charge < -0.3 is 10.4 Å². The van der Waals surface area contributed by atoms with E-state index in [4.69, 9.17) is 5.11 Å². The predicted octanol–water partition coefficient (Wildman–Crippen LogP) is 1.92. The minimum absolute atomic E-state index is 0.0608. The van der Waals surface area contributed by atoms with Crippen molar-refractivity contribution < 1.29 is 29.2 Å². The van der Waals surface area contributed by atoms with Crippen LogP contribution in [0.4, 0.5) is 11.4 Å². The van der Waals surface area contributed by atoms with Crippen molar-refractivity contribution in [1.29, 1.82) is 0 Å². The van der Waals surface area contributed by atoms with Gasteiger partial charge in [-0.25, -0.2) is 4.79 Å². The van der Waals surface area contributed by atoms with Gasteiger partial charge in [-0.05, 0) is 30.3 Å². The zero-order valence-corrected chi connectivity index (χ0v) is 14.2. The number of anilines is 1. The number of rotatable bonds is 6. The summed E-state index contributed by atoms with van der Waals surface area (Å²) in [6.07, 6.45) is -0.222. The van der Waals surface area contributed by atoms with Crippen LogP contribution in [0.15, 0.2) is 42.5 Å². The molecule has 0 atom stereocenters. The molecule has 2 aromatic carbocycles. The largest absolute Gasteiger partial charge is 0.478 e.